The molecule has 0 unspecified atom stereocenters. The summed E-state index contributed by atoms with van der Waals surface area (Å²) in [5, 5.41) is 12.3. The number of nitriles is 1. The summed E-state index contributed by atoms with van der Waals surface area (Å²) in [6, 6.07) is 5.56. The number of aromatic nitrogens is 1. The van der Waals surface area contributed by atoms with Gasteiger partial charge in [0, 0.05) is 6.20 Å². The van der Waals surface area contributed by atoms with Gasteiger partial charge >= 0.3 is 0 Å². The average molecular weight is 231 g/mol. The second kappa shape index (κ2) is 6.21. The first-order chi connectivity index (χ1) is 8.40. The van der Waals surface area contributed by atoms with Crippen molar-refractivity contribution >= 4 is 0 Å². The zero-order valence-corrected chi connectivity index (χ0v) is 9.85. The van der Waals surface area contributed by atoms with Gasteiger partial charge in [-0.25, -0.2) is 4.98 Å². The molecule has 0 spiro atoms. The molecule has 4 heteroatoms. The van der Waals surface area contributed by atoms with Crippen LogP contribution in [0.1, 0.15) is 24.8 Å². The summed E-state index contributed by atoms with van der Waals surface area (Å²) in [5.74, 6) is 1.15. The van der Waals surface area contributed by atoms with Gasteiger partial charge in [0.1, 0.15) is 11.6 Å². The Hall–Kier alpha value is -1.60. The highest BCUT2D eigenvalue weighted by molar-refractivity contribution is 5.36. The number of rotatable bonds is 4. The molecule has 1 N–H and O–H groups in total. The minimum absolute atomic E-state index is 0.457. The lowest BCUT2D eigenvalue weighted by Gasteiger charge is -2.22. The van der Waals surface area contributed by atoms with Crippen molar-refractivity contribution in [1.82, 2.24) is 10.3 Å². The molecule has 1 atom stereocenters. The molecule has 17 heavy (non-hydrogen) atoms. The third-order valence-corrected chi connectivity index (χ3v) is 3.06. The topological polar surface area (TPSA) is 57.9 Å². The molecule has 0 aliphatic carbocycles. The predicted octanol–water partition coefficient (Wildman–Crippen LogP) is 1.72. The predicted molar refractivity (Wildman–Crippen MR) is 64.7 cm³/mol. The Morgan fingerprint density at radius 1 is 1.59 bits per heavy atom. The number of piperidine rings is 1. The van der Waals surface area contributed by atoms with Crippen LogP contribution in [0.2, 0.25) is 0 Å². The molecule has 1 aliphatic rings. The Labute approximate surface area is 102 Å². The van der Waals surface area contributed by atoms with Gasteiger partial charge in [-0.2, -0.15) is 5.26 Å². The lowest BCUT2D eigenvalue weighted by Crippen LogP contribution is -2.30. The minimum Gasteiger partial charge on any atom is -0.477 e. The molecule has 0 amide bonds. The number of hydrogen-bond acceptors (Lipinski definition) is 4. The first kappa shape index (κ1) is 11.9. The van der Waals surface area contributed by atoms with Crippen LogP contribution in [-0.2, 0) is 0 Å². The molecule has 1 aromatic heterocycles. The summed E-state index contributed by atoms with van der Waals surface area (Å²) < 4.78 is 5.57. The Balaban J connectivity index is 1.79. The summed E-state index contributed by atoms with van der Waals surface area (Å²) in [4.78, 5) is 4.07. The molecule has 0 aromatic carbocycles. The van der Waals surface area contributed by atoms with E-state index in [1.165, 1.54) is 12.8 Å². The third kappa shape index (κ3) is 3.43. The van der Waals surface area contributed by atoms with E-state index in [-0.39, 0.29) is 0 Å². The van der Waals surface area contributed by atoms with E-state index in [0.29, 0.717) is 24.0 Å². The van der Waals surface area contributed by atoms with Gasteiger partial charge in [0.15, 0.2) is 0 Å². The molecule has 2 heterocycles. The normalized spacial score (nSPS) is 19.6. The van der Waals surface area contributed by atoms with Crippen LogP contribution in [-0.4, -0.2) is 24.7 Å². The van der Waals surface area contributed by atoms with Crippen LogP contribution in [0.15, 0.2) is 18.3 Å². The highest BCUT2D eigenvalue weighted by Crippen LogP contribution is 2.16. The van der Waals surface area contributed by atoms with E-state index in [0.717, 1.165) is 19.5 Å². The molecule has 1 aromatic rings. The van der Waals surface area contributed by atoms with E-state index in [9.17, 15) is 0 Å². The second-order valence-electron chi connectivity index (χ2n) is 4.32. The van der Waals surface area contributed by atoms with E-state index in [1.54, 1.807) is 18.3 Å². The molecule has 1 fully saturated rings. The van der Waals surface area contributed by atoms with Crippen LogP contribution >= 0.6 is 0 Å². The van der Waals surface area contributed by atoms with Crippen LogP contribution in [0.25, 0.3) is 0 Å². The Kier molecular flexibility index (Phi) is 4.34. The molecule has 90 valence electrons. The smallest absolute Gasteiger partial charge is 0.231 e. The van der Waals surface area contributed by atoms with E-state index >= 15 is 0 Å². The molecule has 0 bridgehead atoms. The number of nitrogens with zero attached hydrogens (tertiary/aromatic N) is 2. The first-order valence-corrected chi connectivity index (χ1v) is 6.09. The van der Waals surface area contributed by atoms with Crippen molar-refractivity contribution < 1.29 is 4.74 Å². The van der Waals surface area contributed by atoms with Crippen LogP contribution in [0, 0.1) is 17.2 Å². The van der Waals surface area contributed by atoms with E-state index in [4.69, 9.17) is 10.00 Å². The zero-order chi connectivity index (χ0) is 11.9. The molecule has 2 rings (SSSR count). The van der Waals surface area contributed by atoms with Gasteiger partial charge in [-0.15, -0.1) is 0 Å². The summed E-state index contributed by atoms with van der Waals surface area (Å²) >= 11 is 0. The maximum absolute atomic E-state index is 8.89. The fourth-order valence-electron chi connectivity index (χ4n) is 2.08. The van der Waals surface area contributed by atoms with Gasteiger partial charge in [-0.3, -0.25) is 0 Å². The average Bonchev–Trinajstić information content (AvgIpc) is 2.40. The monoisotopic (exact) mass is 231 g/mol. The fraction of sp³-hybridized carbons (Fsp3) is 0.538. The standard InChI is InChI=1S/C13H17N3O/c14-9-12-4-2-7-16-13(12)17-8-5-11-3-1-6-15-10-11/h2,4,7,11,15H,1,3,5-6,8,10H2/t11-/m1/s1. The van der Waals surface area contributed by atoms with E-state index < -0.39 is 0 Å². The van der Waals surface area contributed by atoms with Crippen molar-refractivity contribution in [1.29, 1.82) is 5.26 Å². The van der Waals surface area contributed by atoms with Crippen molar-refractivity contribution in [3.63, 3.8) is 0 Å². The molecular weight excluding hydrogens is 214 g/mol. The Morgan fingerprint density at radius 3 is 3.29 bits per heavy atom. The molecule has 4 nitrogen and oxygen atoms in total. The van der Waals surface area contributed by atoms with Gasteiger partial charge < -0.3 is 10.1 Å². The number of hydrogen-bond donors (Lipinski definition) is 1. The number of pyridine rings is 1. The zero-order valence-electron chi connectivity index (χ0n) is 9.85. The lowest BCUT2D eigenvalue weighted by atomic mass is 9.97. The van der Waals surface area contributed by atoms with Gasteiger partial charge in [0.05, 0.1) is 6.61 Å². The Morgan fingerprint density at radius 2 is 2.53 bits per heavy atom. The van der Waals surface area contributed by atoms with Crippen molar-refractivity contribution in [2.45, 2.75) is 19.3 Å². The quantitative estimate of drug-likeness (QED) is 0.857. The molecule has 1 saturated heterocycles. The molecule has 0 saturated carbocycles. The first-order valence-electron chi connectivity index (χ1n) is 6.09. The minimum atomic E-state index is 0.457. The number of ether oxygens (including phenoxy) is 1. The maximum Gasteiger partial charge on any atom is 0.231 e. The summed E-state index contributed by atoms with van der Waals surface area (Å²) in [6.07, 6.45) is 5.19. The highest BCUT2D eigenvalue weighted by atomic mass is 16.5. The molecular formula is C13H17N3O. The van der Waals surface area contributed by atoms with Gasteiger partial charge in [-0.1, -0.05) is 0 Å². The second-order valence-corrected chi connectivity index (χ2v) is 4.32. The van der Waals surface area contributed by atoms with Gasteiger partial charge in [0.2, 0.25) is 5.88 Å². The van der Waals surface area contributed by atoms with Gasteiger partial charge in [-0.05, 0) is 50.4 Å². The summed E-state index contributed by atoms with van der Waals surface area (Å²) in [5.41, 5.74) is 0.509. The van der Waals surface area contributed by atoms with E-state index in [2.05, 4.69) is 16.4 Å². The highest BCUT2D eigenvalue weighted by Gasteiger charge is 2.13. The SMILES string of the molecule is N#Cc1cccnc1OCC[C@H]1CCCNC1. The maximum atomic E-state index is 8.89. The van der Waals surface area contributed by atoms with Crippen molar-refractivity contribution in [3.05, 3.63) is 23.9 Å². The summed E-state index contributed by atoms with van der Waals surface area (Å²) in [7, 11) is 0. The molecule has 0 radical (unpaired) electrons. The van der Waals surface area contributed by atoms with Crippen molar-refractivity contribution in [3.8, 4) is 11.9 Å². The molecule has 1 aliphatic heterocycles. The lowest BCUT2D eigenvalue weighted by molar-refractivity contribution is 0.247. The van der Waals surface area contributed by atoms with Crippen LogP contribution < -0.4 is 10.1 Å². The van der Waals surface area contributed by atoms with Gasteiger partial charge in [0.25, 0.3) is 0 Å². The van der Waals surface area contributed by atoms with Crippen molar-refractivity contribution in [2.75, 3.05) is 19.7 Å². The summed E-state index contributed by atoms with van der Waals surface area (Å²) in [6.45, 7) is 2.85. The van der Waals surface area contributed by atoms with Crippen LogP contribution in [0.4, 0.5) is 0 Å². The van der Waals surface area contributed by atoms with Crippen LogP contribution in [0.3, 0.4) is 0 Å². The largest absolute Gasteiger partial charge is 0.477 e. The third-order valence-electron chi connectivity index (χ3n) is 3.06. The van der Waals surface area contributed by atoms with Crippen molar-refractivity contribution in [2.24, 2.45) is 5.92 Å². The number of nitrogens with one attached hydrogen (secondary N) is 1. The van der Waals surface area contributed by atoms with E-state index in [1.807, 2.05) is 0 Å². The Bertz CT molecular complexity index is 394. The fourth-order valence-corrected chi connectivity index (χ4v) is 2.08. The van der Waals surface area contributed by atoms with Crippen LogP contribution in [0.5, 0.6) is 5.88 Å².